The highest BCUT2D eigenvalue weighted by Crippen LogP contribution is 2.13. The van der Waals surface area contributed by atoms with Crippen LogP contribution in [0.3, 0.4) is 0 Å². The van der Waals surface area contributed by atoms with Gasteiger partial charge in [-0.1, -0.05) is 0 Å². The van der Waals surface area contributed by atoms with E-state index in [1.54, 1.807) is 4.90 Å². The Hall–Kier alpha value is -1.23. The maximum absolute atomic E-state index is 10.8. The zero-order valence-corrected chi connectivity index (χ0v) is 6.79. The van der Waals surface area contributed by atoms with Gasteiger partial charge in [-0.05, 0) is 6.08 Å². The predicted molar refractivity (Wildman–Crippen MR) is 43.9 cm³/mol. The van der Waals surface area contributed by atoms with Crippen molar-refractivity contribution in [3.8, 4) is 0 Å². The maximum Gasteiger partial charge on any atom is 0.315 e. The van der Waals surface area contributed by atoms with Gasteiger partial charge in [-0.25, -0.2) is 10.2 Å². The van der Waals surface area contributed by atoms with Crippen molar-refractivity contribution in [1.29, 1.82) is 0 Å². The average Bonchev–Trinajstić information content (AvgIpc) is 2.49. The van der Waals surface area contributed by atoms with E-state index in [4.69, 9.17) is 5.73 Å². The second kappa shape index (κ2) is 2.67. The van der Waals surface area contributed by atoms with Crippen molar-refractivity contribution in [1.82, 2.24) is 15.3 Å². The Kier molecular flexibility index (Phi) is 1.65. The fourth-order valence-electron chi connectivity index (χ4n) is 1.54. The smallest absolute Gasteiger partial charge is 0.315 e. The zero-order chi connectivity index (χ0) is 8.55. The highest BCUT2D eigenvalue weighted by Gasteiger charge is 2.24. The third-order valence-electron chi connectivity index (χ3n) is 2.22. The van der Waals surface area contributed by atoms with Crippen molar-refractivity contribution in [2.75, 3.05) is 26.2 Å². The van der Waals surface area contributed by atoms with E-state index in [0.29, 0.717) is 13.1 Å². The third kappa shape index (κ3) is 1.12. The van der Waals surface area contributed by atoms with Gasteiger partial charge in [-0.15, -0.1) is 0 Å². The molecular weight excluding hydrogens is 156 g/mol. The molecule has 0 bridgehead atoms. The summed E-state index contributed by atoms with van der Waals surface area (Å²) in [6.07, 6.45) is 2.08. The largest absolute Gasteiger partial charge is 0.351 e. The molecular formula is C7H12N4O. The van der Waals surface area contributed by atoms with Crippen molar-refractivity contribution in [3.63, 3.8) is 0 Å². The maximum atomic E-state index is 10.8. The van der Waals surface area contributed by atoms with Gasteiger partial charge in [0.25, 0.3) is 0 Å². The molecule has 12 heavy (non-hydrogen) atoms. The molecule has 0 saturated carbocycles. The number of nitrogens with two attached hydrogens (primary N) is 1. The Bertz CT molecular complexity index is 238. The Morgan fingerprint density at radius 1 is 1.58 bits per heavy atom. The Morgan fingerprint density at radius 3 is 3.17 bits per heavy atom. The van der Waals surface area contributed by atoms with E-state index < -0.39 is 0 Å². The van der Waals surface area contributed by atoms with Crippen LogP contribution in [0.1, 0.15) is 0 Å². The topological polar surface area (TPSA) is 61.6 Å². The van der Waals surface area contributed by atoms with Crippen molar-refractivity contribution >= 4 is 6.03 Å². The van der Waals surface area contributed by atoms with E-state index >= 15 is 0 Å². The molecule has 2 aliphatic rings. The standard InChI is InChI=1S/C7H12N4O/c8-7(12)10-3-4-11-6(5-10)1-2-9-11/h1,9H,2-5H2,(H2,8,12). The number of urea groups is 1. The summed E-state index contributed by atoms with van der Waals surface area (Å²) in [6, 6.07) is -0.331. The minimum Gasteiger partial charge on any atom is -0.351 e. The van der Waals surface area contributed by atoms with Gasteiger partial charge in [-0.2, -0.15) is 0 Å². The van der Waals surface area contributed by atoms with E-state index in [-0.39, 0.29) is 6.03 Å². The summed E-state index contributed by atoms with van der Waals surface area (Å²) < 4.78 is 0. The van der Waals surface area contributed by atoms with Crippen molar-refractivity contribution in [2.45, 2.75) is 0 Å². The number of fused-ring (bicyclic) bond motifs is 1. The number of amides is 2. The summed E-state index contributed by atoms with van der Waals surface area (Å²) in [5, 5.41) is 2.07. The van der Waals surface area contributed by atoms with Gasteiger partial charge in [0.2, 0.25) is 0 Å². The van der Waals surface area contributed by atoms with Gasteiger partial charge in [-0.3, -0.25) is 0 Å². The van der Waals surface area contributed by atoms with Crippen LogP contribution in [0.25, 0.3) is 0 Å². The normalized spacial score (nSPS) is 22.2. The number of primary amides is 1. The molecule has 0 atom stereocenters. The Morgan fingerprint density at radius 2 is 2.42 bits per heavy atom. The van der Waals surface area contributed by atoms with E-state index in [0.717, 1.165) is 18.8 Å². The first-order valence-corrected chi connectivity index (χ1v) is 4.02. The fourth-order valence-corrected chi connectivity index (χ4v) is 1.54. The number of hydrazine groups is 1. The Balaban J connectivity index is 2.05. The monoisotopic (exact) mass is 168 g/mol. The lowest BCUT2D eigenvalue weighted by Crippen LogP contribution is -2.50. The van der Waals surface area contributed by atoms with Crippen LogP contribution in [0.2, 0.25) is 0 Å². The highest BCUT2D eigenvalue weighted by molar-refractivity contribution is 5.72. The number of hydrogen-bond acceptors (Lipinski definition) is 3. The summed E-state index contributed by atoms with van der Waals surface area (Å²) in [7, 11) is 0. The number of rotatable bonds is 0. The molecule has 3 N–H and O–H groups in total. The van der Waals surface area contributed by atoms with Crippen molar-refractivity contribution in [2.24, 2.45) is 5.73 Å². The average molecular weight is 168 g/mol. The van der Waals surface area contributed by atoms with E-state index in [1.165, 1.54) is 0 Å². The van der Waals surface area contributed by atoms with Gasteiger partial charge >= 0.3 is 6.03 Å². The summed E-state index contributed by atoms with van der Waals surface area (Å²) >= 11 is 0. The summed E-state index contributed by atoms with van der Waals surface area (Å²) in [6.45, 7) is 3.04. The number of carbonyl (C=O) groups is 1. The molecule has 0 radical (unpaired) electrons. The van der Waals surface area contributed by atoms with Crippen molar-refractivity contribution < 1.29 is 4.79 Å². The molecule has 1 fully saturated rings. The van der Waals surface area contributed by atoms with Crippen LogP contribution in [-0.4, -0.2) is 42.1 Å². The number of nitrogens with zero attached hydrogens (tertiary/aromatic N) is 2. The van der Waals surface area contributed by atoms with Gasteiger partial charge in [0.15, 0.2) is 0 Å². The van der Waals surface area contributed by atoms with Crippen LogP contribution in [0.15, 0.2) is 11.8 Å². The first-order chi connectivity index (χ1) is 5.77. The quantitative estimate of drug-likeness (QED) is 0.492. The molecule has 2 rings (SSSR count). The summed E-state index contributed by atoms with van der Waals surface area (Å²) in [4.78, 5) is 12.5. The molecule has 0 aromatic rings. The second-order valence-electron chi connectivity index (χ2n) is 2.97. The molecule has 5 nitrogen and oxygen atoms in total. The lowest BCUT2D eigenvalue weighted by Gasteiger charge is -2.34. The summed E-state index contributed by atoms with van der Waals surface area (Å²) in [5.41, 5.74) is 9.50. The molecule has 66 valence electrons. The minimum absolute atomic E-state index is 0.331. The predicted octanol–water partition coefficient (Wildman–Crippen LogP) is -0.915. The van der Waals surface area contributed by atoms with Crippen LogP contribution in [0, 0.1) is 0 Å². The number of piperazine rings is 1. The van der Waals surface area contributed by atoms with Gasteiger partial charge < -0.3 is 15.6 Å². The molecule has 2 amide bonds. The second-order valence-corrected chi connectivity index (χ2v) is 2.97. The minimum atomic E-state index is -0.331. The van der Waals surface area contributed by atoms with E-state index in [9.17, 15) is 4.79 Å². The lowest BCUT2D eigenvalue weighted by molar-refractivity contribution is 0.160. The van der Waals surface area contributed by atoms with E-state index in [2.05, 4.69) is 16.5 Å². The number of hydrogen-bond donors (Lipinski definition) is 2. The molecule has 1 saturated heterocycles. The highest BCUT2D eigenvalue weighted by atomic mass is 16.2. The molecule has 0 aromatic heterocycles. The zero-order valence-electron chi connectivity index (χ0n) is 6.79. The van der Waals surface area contributed by atoms with Crippen LogP contribution < -0.4 is 11.2 Å². The fraction of sp³-hybridized carbons (Fsp3) is 0.571. The van der Waals surface area contributed by atoms with Crippen molar-refractivity contribution in [3.05, 3.63) is 11.8 Å². The first kappa shape index (κ1) is 7.42. The first-order valence-electron chi connectivity index (χ1n) is 4.02. The summed E-state index contributed by atoms with van der Waals surface area (Å²) in [5.74, 6) is 0. The number of carbonyl (C=O) groups excluding carboxylic acids is 1. The van der Waals surface area contributed by atoms with Gasteiger partial charge in [0.1, 0.15) is 0 Å². The molecule has 0 spiro atoms. The molecule has 0 aromatic carbocycles. The SMILES string of the molecule is NC(=O)N1CCN2NCC=C2C1. The molecule has 5 heteroatoms. The molecule has 2 aliphatic heterocycles. The molecule has 2 heterocycles. The van der Waals surface area contributed by atoms with Crippen LogP contribution in [-0.2, 0) is 0 Å². The third-order valence-corrected chi connectivity index (χ3v) is 2.22. The van der Waals surface area contributed by atoms with Crippen LogP contribution in [0.4, 0.5) is 4.79 Å². The van der Waals surface area contributed by atoms with Gasteiger partial charge in [0, 0.05) is 18.8 Å². The molecule has 0 unspecified atom stereocenters. The van der Waals surface area contributed by atoms with E-state index in [1.807, 2.05) is 0 Å². The molecule has 0 aliphatic carbocycles. The van der Waals surface area contributed by atoms with Crippen LogP contribution in [0.5, 0.6) is 0 Å². The lowest BCUT2D eigenvalue weighted by atomic mass is 10.3. The Labute approximate surface area is 70.8 Å². The van der Waals surface area contributed by atoms with Crippen LogP contribution >= 0.6 is 0 Å². The number of nitrogens with one attached hydrogen (secondary N) is 1. The van der Waals surface area contributed by atoms with Gasteiger partial charge in [0.05, 0.1) is 13.1 Å².